The summed E-state index contributed by atoms with van der Waals surface area (Å²) in [6.07, 6.45) is 3.24. The molecule has 78 valence electrons. The molecule has 2 fully saturated rings. The van der Waals surface area contributed by atoms with Crippen LogP contribution in [-0.2, 0) is 9.59 Å². The Bertz CT molecular complexity index is 285. The Morgan fingerprint density at radius 2 is 2.21 bits per heavy atom. The fourth-order valence-corrected chi connectivity index (χ4v) is 2.52. The first-order valence-corrected chi connectivity index (χ1v) is 5.03. The van der Waals surface area contributed by atoms with Gasteiger partial charge < -0.3 is 10.0 Å². The molecular weight excluding hydrogens is 182 g/mol. The minimum Gasteiger partial charge on any atom is -0.481 e. The van der Waals surface area contributed by atoms with E-state index < -0.39 is 11.4 Å². The highest BCUT2D eigenvalue weighted by Crippen LogP contribution is 2.48. The van der Waals surface area contributed by atoms with E-state index >= 15 is 0 Å². The average Bonchev–Trinajstić information content (AvgIpc) is 2.25. The average molecular weight is 197 g/mol. The summed E-state index contributed by atoms with van der Waals surface area (Å²) >= 11 is 0. The SMILES string of the molecule is CN1CC(C(=O)O)(C2CCC2)CC1=O. The summed E-state index contributed by atoms with van der Waals surface area (Å²) in [6.45, 7) is 0.395. The highest BCUT2D eigenvalue weighted by atomic mass is 16.4. The van der Waals surface area contributed by atoms with Crippen molar-refractivity contribution in [3.8, 4) is 0 Å². The van der Waals surface area contributed by atoms with E-state index in [9.17, 15) is 14.7 Å². The molecule has 1 aliphatic carbocycles. The summed E-state index contributed by atoms with van der Waals surface area (Å²) in [6, 6.07) is 0. The van der Waals surface area contributed by atoms with E-state index in [-0.39, 0.29) is 18.2 Å². The van der Waals surface area contributed by atoms with Gasteiger partial charge in [-0.05, 0) is 18.8 Å². The van der Waals surface area contributed by atoms with Gasteiger partial charge in [0.05, 0.1) is 5.41 Å². The van der Waals surface area contributed by atoms with Gasteiger partial charge in [-0.25, -0.2) is 0 Å². The minimum atomic E-state index is -0.792. The van der Waals surface area contributed by atoms with Crippen molar-refractivity contribution in [3.05, 3.63) is 0 Å². The van der Waals surface area contributed by atoms with Crippen LogP contribution >= 0.6 is 0 Å². The molecule has 1 N–H and O–H groups in total. The van der Waals surface area contributed by atoms with Crippen LogP contribution in [0.3, 0.4) is 0 Å². The predicted octanol–water partition coefficient (Wildman–Crippen LogP) is 0.720. The van der Waals surface area contributed by atoms with E-state index in [1.54, 1.807) is 11.9 Å². The Morgan fingerprint density at radius 3 is 2.50 bits per heavy atom. The molecule has 1 aliphatic heterocycles. The summed E-state index contributed by atoms with van der Waals surface area (Å²) in [5, 5.41) is 9.26. The lowest BCUT2D eigenvalue weighted by Gasteiger charge is -2.38. The third kappa shape index (κ3) is 1.13. The van der Waals surface area contributed by atoms with Gasteiger partial charge in [-0.15, -0.1) is 0 Å². The Balaban J connectivity index is 2.24. The zero-order valence-electron chi connectivity index (χ0n) is 8.32. The second-order valence-electron chi connectivity index (χ2n) is 4.52. The summed E-state index contributed by atoms with van der Waals surface area (Å²) in [5.74, 6) is -0.604. The van der Waals surface area contributed by atoms with E-state index in [1.165, 1.54) is 0 Å². The summed E-state index contributed by atoms with van der Waals surface area (Å²) in [7, 11) is 1.69. The maximum atomic E-state index is 11.4. The number of carbonyl (C=O) groups excluding carboxylic acids is 1. The van der Waals surface area contributed by atoms with Crippen LogP contribution in [0.25, 0.3) is 0 Å². The first-order chi connectivity index (χ1) is 6.56. The van der Waals surface area contributed by atoms with Gasteiger partial charge in [0.1, 0.15) is 0 Å². The van der Waals surface area contributed by atoms with Crippen LogP contribution in [-0.4, -0.2) is 35.5 Å². The summed E-state index contributed by atoms with van der Waals surface area (Å²) < 4.78 is 0. The fraction of sp³-hybridized carbons (Fsp3) is 0.800. The fourth-order valence-electron chi connectivity index (χ4n) is 2.52. The van der Waals surface area contributed by atoms with Crippen LogP contribution in [0.1, 0.15) is 25.7 Å². The third-order valence-corrected chi connectivity index (χ3v) is 3.72. The van der Waals surface area contributed by atoms with E-state index in [1.807, 2.05) is 0 Å². The van der Waals surface area contributed by atoms with Gasteiger partial charge in [-0.1, -0.05) is 6.42 Å². The molecule has 2 rings (SSSR count). The van der Waals surface area contributed by atoms with Gasteiger partial charge >= 0.3 is 5.97 Å². The van der Waals surface area contributed by atoms with Crippen LogP contribution in [0.2, 0.25) is 0 Å². The number of carboxylic acid groups (broad SMARTS) is 1. The van der Waals surface area contributed by atoms with Crippen molar-refractivity contribution in [1.29, 1.82) is 0 Å². The molecule has 1 atom stereocenters. The number of hydrogen-bond donors (Lipinski definition) is 1. The lowest BCUT2D eigenvalue weighted by Crippen LogP contribution is -2.43. The molecule has 1 saturated carbocycles. The minimum absolute atomic E-state index is 0.0284. The number of carbonyl (C=O) groups is 2. The van der Waals surface area contributed by atoms with E-state index in [4.69, 9.17) is 0 Å². The van der Waals surface area contributed by atoms with Crippen LogP contribution in [0.5, 0.6) is 0 Å². The van der Waals surface area contributed by atoms with E-state index in [0.29, 0.717) is 6.54 Å². The number of nitrogens with zero attached hydrogens (tertiary/aromatic N) is 1. The molecule has 1 saturated heterocycles. The normalized spacial score (nSPS) is 33.2. The molecule has 0 spiro atoms. The van der Waals surface area contributed by atoms with Gasteiger partial charge in [0.15, 0.2) is 0 Å². The lowest BCUT2D eigenvalue weighted by molar-refractivity contribution is -0.154. The molecular formula is C10H15NO3. The zero-order chi connectivity index (χ0) is 10.3. The zero-order valence-corrected chi connectivity index (χ0v) is 8.32. The number of likely N-dealkylation sites (tertiary alicyclic amines) is 1. The number of amides is 1. The quantitative estimate of drug-likeness (QED) is 0.709. The Labute approximate surface area is 82.9 Å². The first-order valence-electron chi connectivity index (χ1n) is 5.03. The third-order valence-electron chi connectivity index (χ3n) is 3.72. The summed E-state index contributed by atoms with van der Waals surface area (Å²) in [4.78, 5) is 24.2. The van der Waals surface area contributed by atoms with Crippen LogP contribution in [0.15, 0.2) is 0 Å². The lowest BCUT2D eigenvalue weighted by atomic mass is 9.64. The van der Waals surface area contributed by atoms with Crippen molar-refractivity contribution >= 4 is 11.9 Å². The molecule has 0 aromatic carbocycles. The van der Waals surface area contributed by atoms with Crippen molar-refractivity contribution in [2.24, 2.45) is 11.3 Å². The van der Waals surface area contributed by atoms with E-state index in [0.717, 1.165) is 19.3 Å². The molecule has 4 nitrogen and oxygen atoms in total. The highest BCUT2D eigenvalue weighted by Gasteiger charge is 2.54. The van der Waals surface area contributed by atoms with E-state index in [2.05, 4.69) is 0 Å². The number of rotatable bonds is 2. The smallest absolute Gasteiger partial charge is 0.312 e. The highest BCUT2D eigenvalue weighted by molar-refractivity contribution is 5.89. The van der Waals surface area contributed by atoms with Crippen molar-refractivity contribution in [2.45, 2.75) is 25.7 Å². The Kier molecular flexibility index (Phi) is 2.01. The molecule has 1 amide bonds. The largest absolute Gasteiger partial charge is 0.481 e. The molecule has 1 unspecified atom stereocenters. The number of carboxylic acids is 1. The van der Waals surface area contributed by atoms with Crippen molar-refractivity contribution in [1.82, 2.24) is 4.90 Å². The van der Waals surface area contributed by atoms with Gasteiger partial charge in [-0.3, -0.25) is 9.59 Å². The topological polar surface area (TPSA) is 57.6 Å². The molecule has 2 aliphatic rings. The van der Waals surface area contributed by atoms with Crippen molar-refractivity contribution < 1.29 is 14.7 Å². The van der Waals surface area contributed by atoms with Crippen LogP contribution in [0, 0.1) is 11.3 Å². The van der Waals surface area contributed by atoms with Crippen LogP contribution < -0.4 is 0 Å². The van der Waals surface area contributed by atoms with Crippen molar-refractivity contribution in [3.63, 3.8) is 0 Å². The molecule has 14 heavy (non-hydrogen) atoms. The second-order valence-corrected chi connectivity index (χ2v) is 4.52. The van der Waals surface area contributed by atoms with Gasteiger partial charge in [-0.2, -0.15) is 0 Å². The molecule has 1 heterocycles. The maximum absolute atomic E-state index is 11.4. The monoisotopic (exact) mass is 197 g/mol. The van der Waals surface area contributed by atoms with Gasteiger partial charge in [0.25, 0.3) is 0 Å². The Morgan fingerprint density at radius 1 is 1.57 bits per heavy atom. The van der Waals surface area contributed by atoms with Gasteiger partial charge in [0, 0.05) is 20.0 Å². The Hall–Kier alpha value is -1.06. The predicted molar refractivity (Wildman–Crippen MR) is 49.7 cm³/mol. The molecule has 0 aromatic rings. The molecule has 0 radical (unpaired) electrons. The molecule has 0 aromatic heterocycles. The summed E-state index contributed by atoms with van der Waals surface area (Å²) in [5.41, 5.74) is -0.774. The number of aliphatic carboxylic acids is 1. The second kappa shape index (κ2) is 2.97. The van der Waals surface area contributed by atoms with Crippen molar-refractivity contribution in [2.75, 3.05) is 13.6 Å². The first kappa shape index (κ1) is 9.49. The molecule has 4 heteroatoms. The van der Waals surface area contributed by atoms with Crippen LogP contribution in [0.4, 0.5) is 0 Å². The maximum Gasteiger partial charge on any atom is 0.312 e. The standard InChI is InChI=1S/C10H15NO3/c1-11-6-10(9(13)14,5-8(11)12)7-3-2-4-7/h7H,2-6H2,1H3,(H,13,14). The number of hydrogen-bond acceptors (Lipinski definition) is 2. The molecule has 0 bridgehead atoms. The van der Waals surface area contributed by atoms with Gasteiger partial charge in [0.2, 0.25) is 5.91 Å².